The number of hydrogen-bond acceptors (Lipinski definition) is 3. The molecule has 1 saturated carbocycles. The average molecular weight is 231 g/mol. The van der Waals surface area contributed by atoms with E-state index in [0.717, 1.165) is 29.4 Å². The zero-order chi connectivity index (χ0) is 11.7. The maximum absolute atomic E-state index is 9.12. The number of nitrogens with zero attached hydrogens (tertiary/aromatic N) is 2. The zero-order valence-corrected chi connectivity index (χ0v) is 9.76. The van der Waals surface area contributed by atoms with E-state index >= 15 is 0 Å². The summed E-state index contributed by atoms with van der Waals surface area (Å²) >= 11 is 0. The van der Waals surface area contributed by atoms with Crippen LogP contribution in [-0.4, -0.2) is 34.8 Å². The van der Waals surface area contributed by atoms with Gasteiger partial charge in [0.15, 0.2) is 0 Å². The molecule has 4 heteroatoms. The van der Waals surface area contributed by atoms with Crippen molar-refractivity contribution in [3.63, 3.8) is 0 Å². The Labute approximate surface area is 100 Å². The van der Waals surface area contributed by atoms with Gasteiger partial charge >= 0.3 is 0 Å². The van der Waals surface area contributed by atoms with Gasteiger partial charge in [0, 0.05) is 13.1 Å². The fourth-order valence-corrected chi connectivity index (χ4v) is 2.11. The quantitative estimate of drug-likeness (QED) is 0.824. The van der Waals surface area contributed by atoms with Crippen molar-refractivity contribution in [2.45, 2.75) is 12.8 Å². The second-order valence-electron chi connectivity index (χ2n) is 4.69. The van der Waals surface area contributed by atoms with Crippen molar-refractivity contribution in [2.75, 3.05) is 24.6 Å². The molecule has 0 unspecified atom stereocenters. The molecule has 90 valence electrons. The average Bonchev–Trinajstić information content (AvgIpc) is 3.05. The molecule has 0 bridgehead atoms. The van der Waals surface area contributed by atoms with Gasteiger partial charge in [-0.2, -0.15) is 0 Å². The number of H-pyrrole nitrogens is 1. The van der Waals surface area contributed by atoms with E-state index in [4.69, 9.17) is 5.11 Å². The number of para-hydroxylation sites is 2. The number of hydrogen-bond donors (Lipinski definition) is 2. The zero-order valence-electron chi connectivity index (χ0n) is 9.76. The van der Waals surface area contributed by atoms with E-state index < -0.39 is 0 Å². The lowest BCUT2D eigenvalue weighted by molar-refractivity contribution is 0.300. The van der Waals surface area contributed by atoms with Gasteiger partial charge in [0.05, 0.1) is 17.6 Å². The number of rotatable bonds is 5. The standard InChI is InChI=1S/C13H17N3O/c17-8-7-16(9-10-5-6-10)13-14-11-3-1-2-4-12(11)15-13/h1-4,10,17H,5-9H2,(H,14,15). The third kappa shape index (κ3) is 2.26. The summed E-state index contributed by atoms with van der Waals surface area (Å²) in [5.41, 5.74) is 2.04. The minimum absolute atomic E-state index is 0.170. The minimum Gasteiger partial charge on any atom is -0.395 e. The van der Waals surface area contributed by atoms with Crippen LogP contribution in [0.5, 0.6) is 0 Å². The monoisotopic (exact) mass is 231 g/mol. The Hall–Kier alpha value is -1.55. The van der Waals surface area contributed by atoms with Crippen LogP contribution in [0.25, 0.3) is 11.0 Å². The van der Waals surface area contributed by atoms with Gasteiger partial charge in [-0.1, -0.05) is 12.1 Å². The molecule has 1 aromatic carbocycles. The third-order valence-electron chi connectivity index (χ3n) is 3.22. The number of nitrogens with one attached hydrogen (secondary N) is 1. The molecule has 1 fully saturated rings. The fourth-order valence-electron chi connectivity index (χ4n) is 2.11. The van der Waals surface area contributed by atoms with Gasteiger partial charge in [0.25, 0.3) is 0 Å². The van der Waals surface area contributed by atoms with Crippen molar-refractivity contribution in [1.29, 1.82) is 0 Å². The maximum Gasteiger partial charge on any atom is 0.203 e. The van der Waals surface area contributed by atoms with Crippen molar-refractivity contribution >= 4 is 17.0 Å². The molecule has 2 aromatic rings. The highest BCUT2D eigenvalue weighted by Gasteiger charge is 2.25. The summed E-state index contributed by atoms with van der Waals surface area (Å²) in [6.07, 6.45) is 2.62. The van der Waals surface area contributed by atoms with E-state index in [1.807, 2.05) is 24.3 Å². The molecule has 17 heavy (non-hydrogen) atoms. The molecular weight excluding hydrogens is 214 g/mol. The Morgan fingerprint density at radius 2 is 2.18 bits per heavy atom. The number of imidazole rings is 1. The predicted molar refractivity (Wildman–Crippen MR) is 68.1 cm³/mol. The van der Waals surface area contributed by atoms with Crippen molar-refractivity contribution in [2.24, 2.45) is 5.92 Å². The molecule has 4 nitrogen and oxygen atoms in total. The van der Waals surface area contributed by atoms with Gasteiger partial charge in [-0.3, -0.25) is 0 Å². The van der Waals surface area contributed by atoms with E-state index in [-0.39, 0.29) is 6.61 Å². The van der Waals surface area contributed by atoms with E-state index in [0.29, 0.717) is 6.54 Å². The van der Waals surface area contributed by atoms with Crippen LogP contribution in [0, 0.1) is 5.92 Å². The molecule has 1 heterocycles. The molecule has 0 atom stereocenters. The van der Waals surface area contributed by atoms with Crippen LogP contribution in [0.1, 0.15) is 12.8 Å². The summed E-state index contributed by atoms with van der Waals surface area (Å²) in [5, 5.41) is 9.12. The first-order chi connectivity index (χ1) is 8.36. The molecule has 0 aliphatic heterocycles. The molecular formula is C13H17N3O. The van der Waals surface area contributed by atoms with Crippen LogP contribution in [0.3, 0.4) is 0 Å². The van der Waals surface area contributed by atoms with Gasteiger partial charge in [0.1, 0.15) is 0 Å². The van der Waals surface area contributed by atoms with Crippen LogP contribution < -0.4 is 4.90 Å². The van der Waals surface area contributed by atoms with Crippen molar-refractivity contribution in [3.05, 3.63) is 24.3 Å². The Morgan fingerprint density at radius 3 is 2.88 bits per heavy atom. The van der Waals surface area contributed by atoms with Gasteiger partial charge in [-0.05, 0) is 30.9 Å². The summed E-state index contributed by atoms with van der Waals surface area (Å²) in [6.45, 7) is 1.82. The van der Waals surface area contributed by atoms with Crippen molar-refractivity contribution in [1.82, 2.24) is 9.97 Å². The lowest BCUT2D eigenvalue weighted by Gasteiger charge is -2.20. The molecule has 1 aliphatic rings. The molecule has 0 amide bonds. The number of aliphatic hydroxyl groups excluding tert-OH is 1. The number of aromatic nitrogens is 2. The lowest BCUT2D eigenvalue weighted by atomic mass is 10.3. The molecule has 3 rings (SSSR count). The molecule has 2 N–H and O–H groups in total. The number of benzene rings is 1. The van der Waals surface area contributed by atoms with Crippen LogP contribution in [-0.2, 0) is 0 Å². The topological polar surface area (TPSA) is 52.1 Å². The number of aromatic amines is 1. The van der Waals surface area contributed by atoms with Crippen LogP contribution in [0.15, 0.2) is 24.3 Å². The number of fused-ring (bicyclic) bond motifs is 1. The van der Waals surface area contributed by atoms with Gasteiger partial charge in [0.2, 0.25) is 5.95 Å². The normalized spacial score (nSPS) is 15.4. The van der Waals surface area contributed by atoms with E-state index in [2.05, 4.69) is 14.9 Å². The molecule has 0 spiro atoms. The Kier molecular flexibility index (Phi) is 2.73. The van der Waals surface area contributed by atoms with Crippen LogP contribution in [0.2, 0.25) is 0 Å². The second kappa shape index (κ2) is 4.37. The van der Waals surface area contributed by atoms with Crippen molar-refractivity contribution in [3.8, 4) is 0 Å². The smallest absolute Gasteiger partial charge is 0.203 e. The number of aliphatic hydroxyl groups is 1. The Bertz CT molecular complexity index is 471. The highest BCUT2D eigenvalue weighted by atomic mass is 16.3. The largest absolute Gasteiger partial charge is 0.395 e. The van der Waals surface area contributed by atoms with Gasteiger partial charge in [-0.15, -0.1) is 0 Å². The molecule has 1 aromatic heterocycles. The summed E-state index contributed by atoms with van der Waals surface area (Å²) in [7, 11) is 0. The summed E-state index contributed by atoms with van der Waals surface area (Å²) in [4.78, 5) is 10.0. The fraction of sp³-hybridized carbons (Fsp3) is 0.462. The maximum atomic E-state index is 9.12. The van der Waals surface area contributed by atoms with Crippen molar-refractivity contribution < 1.29 is 5.11 Å². The SMILES string of the molecule is OCCN(CC1CC1)c1nc2ccccc2[nH]1. The highest BCUT2D eigenvalue weighted by molar-refractivity contribution is 5.77. The molecule has 0 radical (unpaired) electrons. The van der Waals surface area contributed by atoms with Crippen LogP contribution >= 0.6 is 0 Å². The lowest BCUT2D eigenvalue weighted by Crippen LogP contribution is -2.29. The first-order valence-electron chi connectivity index (χ1n) is 6.17. The predicted octanol–water partition coefficient (Wildman–Crippen LogP) is 1.77. The summed E-state index contributed by atoms with van der Waals surface area (Å²) in [6, 6.07) is 8.02. The highest BCUT2D eigenvalue weighted by Crippen LogP contribution is 2.31. The Balaban J connectivity index is 1.87. The minimum atomic E-state index is 0.170. The number of anilines is 1. The summed E-state index contributed by atoms with van der Waals surface area (Å²) in [5.74, 6) is 1.67. The first kappa shape index (κ1) is 10.6. The van der Waals surface area contributed by atoms with E-state index in [1.54, 1.807) is 0 Å². The summed E-state index contributed by atoms with van der Waals surface area (Å²) < 4.78 is 0. The third-order valence-corrected chi connectivity index (χ3v) is 3.22. The Morgan fingerprint density at radius 1 is 1.35 bits per heavy atom. The van der Waals surface area contributed by atoms with E-state index in [9.17, 15) is 0 Å². The second-order valence-corrected chi connectivity index (χ2v) is 4.69. The van der Waals surface area contributed by atoms with Gasteiger partial charge in [-0.25, -0.2) is 4.98 Å². The molecule has 1 aliphatic carbocycles. The van der Waals surface area contributed by atoms with E-state index in [1.165, 1.54) is 12.8 Å². The molecule has 0 saturated heterocycles. The van der Waals surface area contributed by atoms with Gasteiger partial charge < -0.3 is 15.0 Å². The van der Waals surface area contributed by atoms with Crippen LogP contribution in [0.4, 0.5) is 5.95 Å². The first-order valence-corrected chi connectivity index (χ1v) is 6.17.